The largest absolute Gasteiger partial charge is 0.508 e. The predicted octanol–water partition coefficient (Wildman–Crippen LogP) is -0.219. The van der Waals surface area contributed by atoms with E-state index >= 15 is 0 Å². The number of esters is 2. The van der Waals surface area contributed by atoms with E-state index in [1.807, 2.05) is 0 Å². The lowest BCUT2D eigenvalue weighted by molar-refractivity contribution is -0.197. The Morgan fingerprint density at radius 1 is 1.15 bits per heavy atom. The molecule has 0 saturated heterocycles. The van der Waals surface area contributed by atoms with Crippen LogP contribution in [0.1, 0.15) is 12.0 Å². The number of carboxylic acid groups (broad SMARTS) is 2. The average molecular weight is 368 g/mol. The summed E-state index contributed by atoms with van der Waals surface area (Å²) in [5.74, 6) is -6.49. The summed E-state index contributed by atoms with van der Waals surface area (Å²) < 4.78 is 8.78. The van der Waals surface area contributed by atoms with Gasteiger partial charge in [0.25, 0.3) is 0 Å². The van der Waals surface area contributed by atoms with Crippen molar-refractivity contribution in [3.05, 3.63) is 35.9 Å². The maximum absolute atomic E-state index is 11.8. The molecular weight excluding hydrogens is 352 g/mol. The van der Waals surface area contributed by atoms with Gasteiger partial charge in [0.2, 0.25) is 11.7 Å². The predicted molar refractivity (Wildman–Crippen MR) is 83.9 cm³/mol. The molecular formula is C16H16O10. The minimum Gasteiger partial charge on any atom is -0.508 e. The van der Waals surface area contributed by atoms with Crippen LogP contribution in [0.5, 0.6) is 5.75 Å². The maximum Gasteiger partial charge on any atom is 0.348 e. The highest BCUT2D eigenvalue weighted by molar-refractivity contribution is 5.95. The quantitative estimate of drug-likeness (QED) is 0.355. The van der Waals surface area contributed by atoms with E-state index in [1.54, 1.807) is 0 Å². The van der Waals surface area contributed by atoms with Crippen LogP contribution in [0.2, 0.25) is 0 Å². The molecule has 1 aromatic carbocycles. The van der Waals surface area contributed by atoms with Gasteiger partial charge in [0.15, 0.2) is 0 Å². The second-order valence-corrected chi connectivity index (χ2v) is 5.07. The smallest absolute Gasteiger partial charge is 0.348 e. The summed E-state index contributed by atoms with van der Waals surface area (Å²) in [5.41, 5.74) is -2.66. The van der Waals surface area contributed by atoms with Gasteiger partial charge in [0.05, 0.1) is 13.5 Å². The zero-order chi connectivity index (χ0) is 19.9. The number of carbonyl (C=O) groups excluding carboxylic acids is 2. The molecule has 0 saturated carbocycles. The normalized spacial score (nSPS) is 14.2. The lowest BCUT2D eigenvalue weighted by atomic mass is 9.92. The highest BCUT2D eigenvalue weighted by Gasteiger charge is 2.53. The number of carboxylic acids is 2. The fourth-order valence-electron chi connectivity index (χ4n) is 1.94. The monoisotopic (exact) mass is 368 g/mol. The SMILES string of the molecule is COC(=O)C(O)(CC(=O)O)C(OC(=O)/C=C/c1ccc(O)cc1)C(=O)O. The molecule has 26 heavy (non-hydrogen) atoms. The molecule has 0 aliphatic carbocycles. The van der Waals surface area contributed by atoms with Gasteiger partial charge in [0.1, 0.15) is 5.75 Å². The number of methoxy groups -OCH3 is 1. The number of ether oxygens (including phenoxy) is 2. The van der Waals surface area contributed by atoms with Crippen molar-refractivity contribution in [2.45, 2.75) is 18.1 Å². The Hall–Kier alpha value is -3.40. The molecule has 2 atom stereocenters. The summed E-state index contributed by atoms with van der Waals surface area (Å²) in [6.45, 7) is 0. The van der Waals surface area contributed by atoms with E-state index in [9.17, 15) is 24.3 Å². The Balaban J connectivity index is 3.02. The molecule has 10 nitrogen and oxygen atoms in total. The molecule has 0 aliphatic heterocycles. The first-order chi connectivity index (χ1) is 12.1. The third kappa shape index (κ3) is 5.31. The Bertz CT molecular complexity index is 721. The van der Waals surface area contributed by atoms with Crippen LogP contribution in [0.4, 0.5) is 0 Å². The summed E-state index contributed by atoms with van der Waals surface area (Å²) in [7, 11) is 0.806. The van der Waals surface area contributed by atoms with Gasteiger partial charge in [-0.15, -0.1) is 0 Å². The van der Waals surface area contributed by atoms with E-state index in [1.165, 1.54) is 30.3 Å². The Labute approximate surface area is 146 Å². The van der Waals surface area contributed by atoms with E-state index in [0.29, 0.717) is 5.56 Å². The number of hydrogen-bond acceptors (Lipinski definition) is 8. The van der Waals surface area contributed by atoms with E-state index in [-0.39, 0.29) is 5.75 Å². The van der Waals surface area contributed by atoms with Crippen molar-refractivity contribution in [2.75, 3.05) is 7.11 Å². The summed E-state index contributed by atoms with van der Waals surface area (Å²) >= 11 is 0. The topological polar surface area (TPSA) is 168 Å². The number of benzene rings is 1. The van der Waals surface area contributed by atoms with Gasteiger partial charge in [-0.1, -0.05) is 12.1 Å². The second kappa shape index (κ2) is 8.62. The number of rotatable bonds is 8. The van der Waals surface area contributed by atoms with Gasteiger partial charge in [-0.05, 0) is 23.8 Å². The molecule has 1 aromatic rings. The standard InChI is InChI=1S/C16H16O10/c1-25-15(23)16(24,8-11(18)19)13(14(21)22)26-12(20)7-4-9-2-5-10(17)6-3-9/h2-7,13,17,24H,8H2,1H3,(H,18,19)(H,21,22)/b7-4+. The number of phenolic OH excluding ortho intramolecular Hbond substituents is 1. The van der Waals surface area contributed by atoms with Gasteiger partial charge >= 0.3 is 23.9 Å². The fraction of sp³-hybridized carbons (Fsp3) is 0.250. The lowest BCUT2D eigenvalue weighted by Gasteiger charge is -2.28. The summed E-state index contributed by atoms with van der Waals surface area (Å²) in [6, 6.07) is 5.58. The van der Waals surface area contributed by atoms with E-state index < -0.39 is 42.0 Å². The zero-order valence-corrected chi connectivity index (χ0v) is 13.5. The number of aliphatic carboxylic acids is 2. The van der Waals surface area contributed by atoms with E-state index in [0.717, 1.165) is 13.2 Å². The van der Waals surface area contributed by atoms with Crippen molar-refractivity contribution in [3.63, 3.8) is 0 Å². The van der Waals surface area contributed by atoms with Crippen molar-refractivity contribution in [1.29, 1.82) is 0 Å². The van der Waals surface area contributed by atoms with Gasteiger partial charge in [-0.2, -0.15) is 0 Å². The number of aromatic hydroxyl groups is 1. The zero-order valence-electron chi connectivity index (χ0n) is 13.5. The molecule has 0 aliphatic rings. The van der Waals surface area contributed by atoms with Crippen LogP contribution in [0.3, 0.4) is 0 Å². The van der Waals surface area contributed by atoms with E-state index in [2.05, 4.69) is 9.47 Å². The molecule has 2 unspecified atom stereocenters. The van der Waals surface area contributed by atoms with Gasteiger partial charge in [-0.25, -0.2) is 14.4 Å². The third-order valence-electron chi connectivity index (χ3n) is 3.16. The fourth-order valence-corrected chi connectivity index (χ4v) is 1.94. The van der Waals surface area contributed by atoms with Crippen LogP contribution < -0.4 is 0 Å². The molecule has 0 aromatic heterocycles. The number of aliphatic hydroxyl groups is 1. The van der Waals surface area contributed by atoms with Gasteiger partial charge in [-0.3, -0.25) is 4.79 Å². The molecule has 1 rings (SSSR count). The van der Waals surface area contributed by atoms with E-state index in [4.69, 9.17) is 15.3 Å². The highest BCUT2D eigenvalue weighted by Crippen LogP contribution is 2.22. The summed E-state index contributed by atoms with van der Waals surface area (Å²) in [6.07, 6.45) is -1.84. The van der Waals surface area contributed by atoms with Crippen LogP contribution in [0.25, 0.3) is 6.08 Å². The minimum absolute atomic E-state index is 0.00696. The first-order valence-corrected chi connectivity index (χ1v) is 7.03. The van der Waals surface area contributed by atoms with Crippen LogP contribution in [0.15, 0.2) is 30.3 Å². The van der Waals surface area contributed by atoms with Crippen molar-refractivity contribution >= 4 is 30.0 Å². The average Bonchev–Trinajstić information content (AvgIpc) is 2.57. The maximum atomic E-state index is 11.8. The van der Waals surface area contributed by atoms with Crippen LogP contribution in [-0.2, 0) is 28.7 Å². The highest BCUT2D eigenvalue weighted by atomic mass is 16.6. The molecule has 0 bridgehead atoms. The Morgan fingerprint density at radius 3 is 2.19 bits per heavy atom. The third-order valence-corrected chi connectivity index (χ3v) is 3.16. The number of hydrogen-bond donors (Lipinski definition) is 4. The Morgan fingerprint density at radius 2 is 1.73 bits per heavy atom. The van der Waals surface area contributed by atoms with Crippen molar-refractivity contribution < 1.29 is 49.1 Å². The molecule has 4 N–H and O–H groups in total. The molecule has 10 heteroatoms. The number of carbonyl (C=O) groups is 4. The molecule has 0 radical (unpaired) electrons. The molecule has 140 valence electrons. The second-order valence-electron chi connectivity index (χ2n) is 5.07. The minimum atomic E-state index is -3.12. The first-order valence-electron chi connectivity index (χ1n) is 7.03. The number of phenols is 1. The summed E-state index contributed by atoms with van der Waals surface area (Å²) in [4.78, 5) is 45.6. The van der Waals surface area contributed by atoms with Gasteiger partial charge in [0, 0.05) is 6.08 Å². The van der Waals surface area contributed by atoms with Crippen LogP contribution >= 0.6 is 0 Å². The molecule has 0 spiro atoms. The van der Waals surface area contributed by atoms with Crippen LogP contribution in [0, 0.1) is 0 Å². The molecule has 0 heterocycles. The molecule has 0 amide bonds. The Kier molecular flexibility index (Phi) is 6.85. The lowest BCUT2D eigenvalue weighted by Crippen LogP contribution is -2.56. The van der Waals surface area contributed by atoms with Crippen molar-refractivity contribution in [2.24, 2.45) is 0 Å². The van der Waals surface area contributed by atoms with Gasteiger partial charge < -0.3 is 29.9 Å². The van der Waals surface area contributed by atoms with Crippen molar-refractivity contribution in [1.82, 2.24) is 0 Å². The summed E-state index contributed by atoms with van der Waals surface area (Å²) in [5, 5.41) is 37.3. The molecule has 0 fully saturated rings. The van der Waals surface area contributed by atoms with Crippen molar-refractivity contribution in [3.8, 4) is 5.75 Å². The first kappa shape index (κ1) is 20.6. The van der Waals surface area contributed by atoms with Crippen LogP contribution in [-0.4, -0.2) is 63.1 Å².